The van der Waals surface area contributed by atoms with Crippen LogP contribution in [0.1, 0.15) is 30.6 Å². The van der Waals surface area contributed by atoms with Gasteiger partial charge in [-0.1, -0.05) is 0 Å². The van der Waals surface area contributed by atoms with Crippen LogP contribution in [0.3, 0.4) is 0 Å². The zero-order chi connectivity index (χ0) is 14.1. The number of nitrogens with zero attached hydrogens (tertiary/aromatic N) is 2. The van der Waals surface area contributed by atoms with Crippen molar-refractivity contribution < 1.29 is 5.11 Å². The molecule has 0 atom stereocenters. The highest BCUT2D eigenvalue weighted by Gasteiger charge is 2.19. The van der Waals surface area contributed by atoms with Crippen LogP contribution in [0.4, 0.5) is 5.82 Å². The molecule has 0 amide bonds. The third-order valence-electron chi connectivity index (χ3n) is 3.86. The van der Waals surface area contributed by atoms with E-state index in [1.165, 1.54) is 4.88 Å². The number of aromatic nitrogens is 2. The molecule has 1 saturated carbocycles. The number of aliphatic hydroxyl groups is 1. The minimum Gasteiger partial charge on any atom is -0.393 e. The number of hydrogen-bond donors (Lipinski definition) is 2. The third kappa shape index (κ3) is 3.05. The van der Waals surface area contributed by atoms with Crippen LogP contribution in [0.25, 0.3) is 10.2 Å². The van der Waals surface area contributed by atoms with Gasteiger partial charge in [0.25, 0.3) is 0 Å². The molecule has 1 aliphatic rings. The second-order valence-electron chi connectivity index (χ2n) is 5.47. The van der Waals surface area contributed by atoms with Gasteiger partial charge in [0.2, 0.25) is 5.28 Å². The molecule has 3 rings (SSSR count). The normalized spacial score (nSPS) is 23.1. The molecular formula is C14H18ClN3OS. The molecule has 2 aromatic rings. The molecule has 0 aromatic carbocycles. The largest absolute Gasteiger partial charge is 0.393 e. The molecule has 2 N–H and O–H groups in total. The quantitative estimate of drug-likeness (QED) is 0.850. The molecule has 4 nitrogen and oxygen atoms in total. The second kappa shape index (κ2) is 5.84. The lowest BCUT2D eigenvalue weighted by molar-refractivity contribution is 0.111. The first-order chi connectivity index (χ1) is 9.61. The van der Waals surface area contributed by atoms with Gasteiger partial charge in [-0.25, -0.2) is 9.97 Å². The summed E-state index contributed by atoms with van der Waals surface area (Å²) in [6.45, 7) is 2.94. The maximum atomic E-state index is 9.54. The van der Waals surface area contributed by atoms with Gasteiger partial charge in [0.15, 0.2) is 0 Å². The van der Waals surface area contributed by atoms with Crippen LogP contribution in [-0.4, -0.2) is 27.7 Å². The Labute approximate surface area is 127 Å². The summed E-state index contributed by atoms with van der Waals surface area (Å²) in [5.41, 5.74) is 0. The van der Waals surface area contributed by atoms with E-state index in [0.29, 0.717) is 11.2 Å². The Kier molecular flexibility index (Phi) is 4.10. The first-order valence-electron chi connectivity index (χ1n) is 6.97. The molecule has 1 aliphatic carbocycles. The molecule has 2 heterocycles. The van der Waals surface area contributed by atoms with Crippen molar-refractivity contribution in [3.05, 3.63) is 16.2 Å². The Bertz CT molecular complexity index is 608. The van der Waals surface area contributed by atoms with Crippen LogP contribution in [0.5, 0.6) is 0 Å². The Morgan fingerprint density at radius 2 is 2.10 bits per heavy atom. The van der Waals surface area contributed by atoms with E-state index in [1.54, 1.807) is 11.3 Å². The molecule has 20 heavy (non-hydrogen) atoms. The fraction of sp³-hybridized carbons (Fsp3) is 0.571. The number of nitrogens with one attached hydrogen (secondary N) is 1. The molecule has 108 valence electrons. The number of fused-ring (bicyclic) bond motifs is 1. The lowest BCUT2D eigenvalue weighted by atomic mass is 9.87. The van der Waals surface area contributed by atoms with E-state index in [9.17, 15) is 5.11 Å². The van der Waals surface area contributed by atoms with E-state index in [-0.39, 0.29) is 6.10 Å². The highest BCUT2D eigenvalue weighted by molar-refractivity contribution is 7.18. The van der Waals surface area contributed by atoms with Gasteiger partial charge in [-0.05, 0) is 56.2 Å². The number of thiophene rings is 1. The highest BCUT2D eigenvalue weighted by Crippen LogP contribution is 2.30. The van der Waals surface area contributed by atoms with Crippen molar-refractivity contribution in [1.29, 1.82) is 0 Å². The minimum atomic E-state index is -0.106. The Morgan fingerprint density at radius 3 is 2.85 bits per heavy atom. The van der Waals surface area contributed by atoms with E-state index < -0.39 is 0 Å². The van der Waals surface area contributed by atoms with Crippen LogP contribution < -0.4 is 5.32 Å². The van der Waals surface area contributed by atoms with Gasteiger partial charge in [-0.3, -0.25) is 0 Å². The summed E-state index contributed by atoms with van der Waals surface area (Å²) in [5.74, 6) is 1.43. The average Bonchev–Trinajstić information content (AvgIpc) is 2.78. The molecular weight excluding hydrogens is 294 g/mol. The van der Waals surface area contributed by atoms with Crippen LogP contribution in [0.2, 0.25) is 5.28 Å². The molecule has 0 aliphatic heterocycles. The Balaban J connectivity index is 1.73. The molecule has 6 heteroatoms. The summed E-state index contributed by atoms with van der Waals surface area (Å²) in [5, 5.41) is 14.3. The van der Waals surface area contributed by atoms with Gasteiger partial charge in [-0.15, -0.1) is 11.3 Å². The van der Waals surface area contributed by atoms with Crippen molar-refractivity contribution in [2.75, 3.05) is 11.9 Å². The van der Waals surface area contributed by atoms with Crippen molar-refractivity contribution in [3.8, 4) is 0 Å². The van der Waals surface area contributed by atoms with Crippen molar-refractivity contribution in [1.82, 2.24) is 9.97 Å². The molecule has 0 bridgehead atoms. The van der Waals surface area contributed by atoms with Crippen LogP contribution in [0.15, 0.2) is 6.07 Å². The van der Waals surface area contributed by atoms with Crippen molar-refractivity contribution in [2.45, 2.75) is 38.7 Å². The first kappa shape index (κ1) is 14.0. The third-order valence-corrected chi connectivity index (χ3v) is 4.98. The number of aryl methyl sites for hydroxylation is 1. The molecule has 1 fully saturated rings. The Morgan fingerprint density at radius 1 is 1.35 bits per heavy atom. The number of anilines is 1. The second-order valence-corrected chi connectivity index (χ2v) is 7.05. The lowest BCUT2D eigenvalue weighted by Crippen LogP contribution is -2.23. The van der Waals surface area contributed by atoms with Gasteiger partial charge in [-0.2, -0.15) is 0 Å². The van der Waals surface area contributed by atoms with E-state index in [4.69, 9.17) is 11.6 Å². The van der Waals surface area contributed by atoms with Gasteiger partial charge >= 0.3 is 0 Å². The molecule has 2 aromatic heterocycles. The molecule has 0 unspecified atom stereocenters. The summed E-state index contributed by atoms with van der Waals surface area (Å²) >= 11 is 7.62. The summed E-state index contributed by atoms with van der Waals surface area (Å²) < 4.78 is 0. The molecule has 0 radical (unpaired) electrons. The standard InChI is InChI=1S/C14H18ClN3OS/c1-8-6-11-12(17-14(15)18-13(11)20-8)16-7-9-2-4-10(19)5-3-9/h6,9-10,19H,2-5,7H2,1H3,(H,16,17,18). The monoisotopic (exact) mass is 311 g/mol. The van der Waals surface area contributed by atoms with E-state index in [2.05, 4.69) is 28.3 Å². The number of hydrogen-bond acceptors (Lipinski definition) is 5. The van der Waals surface area contributed by atoms with E-state index in [0.717, 1.165) is 48.3 Å². The maximum Gasteiger partial charge on any atom is 0.225 e. The smallest absolute Gasteiger partial charge is 0.225 e. The van der Waals surface area contributed by atoms with Gasteiger partial charge in [0.1, 0.15) is 10.6 Å². The maximum absolute atomic E-state index is 9.54. The summed E-state index contributed by atoms with van der Waals surface area (Å²) in [6.07, 6.45) is 3.84. The summed E-state index contributed by atoms with van der Waals surface area (Å²) in [7, 11) is 0. The zero-order valence-electron chi connectivity index (χ0n) is 11.4. The van der Waals surface area contributed by atoms with Crippen molar-refractivity contribution >= 4 is 39.0 Å². The Hall–Kier alpha value is -0.910. The van der Waals surface area contributed by atoms with Gasteiger partial charge in [0.05, 0.1) is 11.5 Å². The fourth-order valence-electron chi connectivity index (χ4n) is 2.74. The van der Waals surface area contributed by atoms with Crippen LogP contribution in [-0.2, 0) is 0 Å². The summed E-state index contributed by atoms with van der Waals surface area (Å²) in [6, 6.07) is 2.10. The van der Waals surface area contributed by atoms with Crippen molar-refractivity contribution in [3.63, 3.8) is 0 Å². The summed E-state index contributed by atoms with van der Waals surface area (Å²) in [4.78, 5) is 10.7. The molecule has 0 spiro atoms. The SMILES string of the molecule is Cc1cc2c(NCC3CCC(O)CC3)nc(Cl)nc2s1. The van der Waals surface area contributed by atoms with E-state index >= 15 is 0 Å². The van der Waals surface area contributed by atoms with Crippen LogP contribution >= 0.6 is 22.9 Å². The predicted molar refractivity (Wildman–Crippen MR) is 83.6 cm³/mol. The van der Waals surface area contributed by atoms with Gasteiger partial charge < -0.3 is 10.4 Å². The van der Waals surface area contributed by atoms with Crippen molar-refractivity contribution in [2.24, 2.45) is 5.92 Å². The number of halogens is 1. The minimum absolute atomic E-state index is 0.106. The lowest BCUT2D eigenvalue weighted by Gasteiger charge is -2.25. The van der Waals surface area contributed by atoms with Gasteiger partial charge in [0, 0.05) is 11.4 Å². The topological polar surface area (TPSA) is 58.0 Å². The predicted octanol–water partition coefficient (Wildman–Crippen LogP) is 3.62. The molecule has 0 saturated heterocycles. The average molecular weight is 312 g/mol. The van der Waals surface area contributed by atoms with E-state index in [1.807, 2.05) is 0 Å². The first-order valence-corrected chi connectivity index (χ1v) is 8.17. The number of rotatable bonds is 3. The van der Waals surface area contributed by atoms with Crippen LogP contribution in [0, 0.1) is 12.8 Å². The zero-order valence-corrected chi connectivity index (χ0v) is 13.0. The number of aliphatic hydroxyl groups excluding tert-OH is 1. The highest BCUT2D eigenvalue weighted by atomic mass is 35.5. The fourth-order valence-corrected chi connectivity index (χ4v) is 3.84.